The van der Waals surface area contributed by atoms with E-state index in [0.29, 0.717) is 0 Å². The average molecular weight is 385 g/mol. The number of aryl methyl sites for hydroxylation is 1. The van der Waals surface area contributed by atoms with Crippen LogP contribution in [0, 0.1) is 17.5 Å². The van der Waals surface area contributed by atoms with Crippen LogP contribution in [-0.4, -0.2) is 0 Å². The van der Waals surface area contributed by atoms with Crippen LogP contribution in [0.3, 0.4) is 0 Å². The molecule has 0 heterocycles. The Morgan fingerprint density at radius 1 is 0.741 bits per heavy atom. The predicted molar refractivity (Wildman–Crippen MR) is 106 cm³/mol. The molecule has 4 aromatic rings. The Bertz CT molecular complexity index is 1160. The summed E-state index contributed by atoms with van der Waals surface area (Å²) in [6, 6.07) is 15.2. The number of rotatable bonds is 3. The van der Waals surface area contributed by atoms with Crippen molar-refractivity contribution in [3.8, 4) is 11.1 Å². The van der Waals surface area contributed by atoms with Gasteiger partial charge in [-0.2, -0.15) is 0 Å². The Hall–Kier alpha value is -2.52. The van der Waals surface area contributed by atoms with Crippen LogP contribution in [0.5, 0.6) is 0 Å². The third kappa shape index (κ3) is 3.17. The zero-order chi connectivity index (χ0) is 19.1. The molecule has 0 aliphatic heterocycles. The first kappa shape index (κ1) is 17.9. The molecule has 4 heteroatoms. The van der Waals surface area contributed by atoms with E-state index in [1.807, 2.05) is 18.2 Å². The zero-order valence-electron chi connectivity index (χ0n) is 14.6. The van der Waals surface area contributed by atoms with Gasteiger partial charge in [-0.3, -0.25) is 0 Å². The number of halogens is 4. The van der Waals surface area contributed by atoms with Crippen LogP contribution in [0.25, 0.3) is 32.7 Å². The van der Waals surface area contributed by atoms with Gasteiger partial charge in [-0.05, 0) is 63.4 Å². The summed E-state index contributed by atoms with van der Waals surface area (Å²) in [5, 5.41) is 2.98. The third-order valence-electron chi connectivity index (χ3n) is 4.82. The lowest BCUT2D eigenvalue weighted by Gasteiger charge is -2.11. The van der Waals surface area contributed by atoms with Gasteiger partial charge in [0, 0.05) is 5.56 Å². The Balaban J connectivity index is 1.92. The zero-order valence-corrected chi connectivity index (χ0v) is 15.4. The van der Waals surface area contributed by atoms with E-state index in [1.165, 1.54) is 11.6 Å². The molecule has 0 radical (unpaired) electrons. The summed E-state index contributed by atoms with van der Waals surface area (Å²) in [6.07, 6.45) is 2.06. The van der Waals surface area contributed by atoms with Crippen LogP contribution in [-0.2, 0) is 6.42 Å². The average Bonchev–Trinajstić information content (AvgIpc) is 2.65. The van der Waals surface area contributed by atoms with Crippen molar-refractivity contribution in [2.24, 2.45) is 0 Å². The second-order valence-electron chi connectivity index (χ2n) is 6.68. The fraction of sp³-hybridized carbons (Fsp3) is 0.130. The van der Waals surface area contributed by atoms with E-state index in [0.717, 1.165) is 46.5 Å². The van der Waals surface area contributed by atoms with Crippen molar-refractivity contribution in [1.82, 2.24) is 0 Å². The van der Waals surface area contributed by atoms with Gasteiger partial charge >= 0.3 is 0 Å². The first-order valence-corrected chi connectivity index (χ1v) is 9.15. The Morgan fingerprint density at radius 3 is 2.07 bits per heavy atom. The van der Waals surface area contributed by atoms with Gasteiger partial charge in [-0.1, -0.05) is 55.3 Å². The highest BCUT2D eigenvalue weighted by atomic mass is 35.5. The van der Waals surface area contributed by atoms with Gasteiger partial charge < -0.3 is 0 Å². The lowest BCUT2D eigenvalue weighted by atomic mass is 9.95. The molecule has 0 nitrogen and oxygen atoms in total. The van der Waals surface area contributed by atoms with E-state index in [1.54, 1.807) is 6.07 Å². The van der Waals surface area contributed by atoms with E-state index in [9.17, 15) is 13.2 Å². The quantitative estimate of drug-likeness (QED) is 0.251. The van der Waals surface area contributed by atoms with Gasteiger partial charge in [-0.15, -0.1) is 0 Å². The van der Waals surface area contributed by atoms with Crippen molar-refractivity contribution in [3.05, 3.63) is 82.6 Å². The lowest BCUT2D eigenvalue weighted by molar-refractivity contribution is 0.584. The van der Waals surface area contributed by atoms with E-state index in [2.05, 4.69) is 19.1 Å². The SMILES string of the molecule is CCCc1ccc2c(ccc3cc(-c4cc(F)c(Cl)c(F)c4)c(F)cc32)c1. The topological polar surface area (TPSA) is 0 Å². The van der Waals surface area contributed by atoms with Crippen LogP contribution in [0.4, 0.5) is 13.2 Å². The number of benzene rings is 4. The van der Waals surface area contributed by atoms with Crippen molar-refractivity contribution < 1.29 is 13.2 Å². The Morgan fingerprint density at radius 2 is 1.41 bits per heavy atom. The maximum Gasteiger partial charge on any atom is 0.145 e. The van der Waals surface area contributed by atoms with Crippen LogP contribution < -0.4 is 0 Å². The molecule has 0 saturated heterocycles. The molecule has 0 spiro atoms. The molecular weight excluding hydrogens is 369 g/mol. The minimum absolute atomic E-state index is 0.118. The minimum atomic E-state index is -0.909. The molecule has 0 saturated carbocycles. The predicted octanol–water partition coefficient (Wildman–Crippen LogP) is 7.68. The van der Waals surface area contributed by atoms with Crippen LogP contribution >= 0.6 is 11.6 Å². The molecule has 0 N–H and O–H groups in total. The highest BCUT2D eigenvalue weighted by Crippen LogP contribution is 2.34. The molecule has 0 aliphatic rings. The molecule has 0 unspecified atom stereocenters. The van der Waals surface area contributed by atoms with E-state index < -0.39 is 22.5 Å². The fourth-order valence-electron chi connectivity index (χ4n) is 3.51. The van der Waals surface area contributed by atoms with Crippen molar-refractivity contribution >= 4 is 33.1 Å². The fourth-order valence-corrected chi connectivity index (χ4v) is 3.62. The first-order valence-electron chi connectivity index (χ1n) is 8.77. The molecule has 27 heavy (non-hydrogen) atoms. The van der Waals surface area contributed by atoms with Gasteiger partial charge in [-0.25, -0.2) is 13.2 Å². The van der Waals surface area contributed by atoms with Gasteiger partial charge in [0.25, 0.3) is 0 Å². The smallest absolute Gasteiger partial charge is 0.145 e. The molecular formula is C23H16ClF3. The van der Waals surface area contributed by atoms with E-state index in [4.69, 9.17) is 11.6 Å². The molecule has 0 bridgehead atoms. The van der Waals surface area contributed by atoms with Crippen molar-refractivity contribution in [3.63, 3.8) is 0 Å². The Labute approximate surface area is 160 Å². The van der Waals surface area contributed by atoms with E-state index in [-0.39, 0.29) is 11.1 Å². The highest BCUT2D eigenvalue weighted by molar-refractivity contribution is 6.31. The molecule has 0 atom stereocenters. The van der Waals surface area contributed by atoms with Gasteiger partial charge in [0.15, 0.2) is 0 Å². The minimum Gasteiger partial charge on any atom is -0.206 e. The standard InChI is InChI=1S/C23H16ClF3/c1-2-3-13-4-7-17-14(8-13)5-6-15-9-19(20(25)12-18(15)17)16-10-21(26)23(24)22(27)11-16/h4-12H,2-3H2,1H3. The molecule has 4 aromatic carbocycles. The van der Waals surface area contributed by atoms with Gasteiger partial charge in [0.2, 0.25) is 0 Å². The van der Waals surface area contributed by atoms with Crippen LogP contribution in [0.15, 0.2) is 54.6 Å². The van der Waals surface area contributed by atoms with Crippen molar-refractivity contribution in [2.75, 3.05) is 0 Å². The highest BCUT2D eigenvalue weighted by Gasteiger charge is 2.14. The molecule has 0 amide bonds. The molecule has 136 valence electrons. The summed E-state index contributed by atoms with van der Waals surface area (Å²) in [5.74, 6) is -2.35. The third-order valence-corrected chi connectivity index (χ3v) is 5.18. The number of fused-ring (bicyclic) bond motifs is 3. The van der Waals surface area contributed by atoms with Crippen molar-refractivity contribution in [1.29, 1.82) is 0 Å². The molecule has 0 aliphatic carbocycles. The van der Waals surface area contributed by atoms with Gasteiger partial charge in [0.05, 0.1) is 0 Å². The first-order chi connectivity index (χ1) is 13.0. The largest absolute Gasteiger partial charge is 0.206 e. The van der Waals surface area contributed by atoms with Crippen molar-refractivity contribution in [2.45, 2.75) is 19.8 Å². The lowest BCUT2D eigenvalue weighted by Crippen LogP contribution is -1.91. The molecule has 0 aromatic heterocycles. The molecule has 0 fully saturated rings. The van der Waals surface area contributed by atoms with Crippen LogP contribution in [0.1, 0.15) is 18.9 Å². The van der Waals surface area contributed by atoms with Gasteiger partial charge in [0.1, 0.15) is 22.5 Å². The molecule has 4 rings (SSSR count). The Kier molecular flexibility index (Phi) is 4.56. The summed E-state index contributed by atoms with van der Waals surface area (Å²) in [4.78, 5) is 0. The summed E-state index contributed by atoms with van der Waals surface area (Å²) >= 11 is 5.53. The second-order valence-corrected chi connectivity index (χ2v) is 7.06. The second kappa shape index (κ2) is 6.90. The number of hydrogen-bond donors (Lipinski definition) is 0. The normalized spacial score (nSPS) is 11.4. The van der Waals surface area contributed by atoms with Crippen LogP contribution in [0.2, 0.25) is 5.02 Å². The monoisotopic (exact) mass is 384 g/mol. The summed E-state index contributed by atoms with van der Waals surface area (Å²) in [6.45, 7) is 2.13. The number of hydrogen-bond acceptors (Lipinski definition) is 0. The maximum absolute atomic E-state index is 14.8. The van der Waals surface area contributed by atoms with E-state index >= 15 is 0 Å². The maximum atomic E-state index is 14.8. The summed E-state index contributed by atoms with van der Waals surface area (Å²) in [5.41, 5.74) is 1.50. The summed E-state index contributed by atoms with van der Waals surface area (Å²) < 4.78 is 42.4. The summed E-state index contributed by atoms with van der Waals surface area (Å²) in [7, 11) is 0.